The molecule has 1 N–H and O–H groups in total. The van der Waals surface area contributed by atoms with Crippen molar-refractivity contribution in [2.75, 3.05) is 56.3 Å². The number of carbonyl (C=O) groups is 1. The lowest BCUT2D eigenvalue weighted by molar-refractivity contribution is 0.0201. The van der Waals surface area contributed by atoms with Gasteiger partial charge in [-0.1, -0.05) is 39.8 Å². The number of hydrogen-bond donors (Lipinski definition) is 1. The van der Waals surface area contributed by atoms with Crippen LogP contribution in [0, 0.1) is 48.8 Å². The first-order valence-corrected chi connectivity index (χ1v) is 28.4. The van der Waals surface area contributed by atoms with Gasteiger partial charge in [-0.05, 0) is 113 Å². The number of benzene rings is 4. The van der Waals surface area contributed by atoms with E-state index in [1.165, 1.54) is 30.2 Å². The van der Waals surface area contributed by atoms with Crippen molar-refractivity contribution in [3.63, 3.8) is 0 Å². The van der Waals surface area contributed by atoms with Gasteiger partial charge in [-0.25, -0.2) is 40.7 Å². The first-order chi connectivity index (χ1) is 40.9. The van der Waals surface area contributed by atoms with Crippen LogP contribution in [0.15, 0.2) is 70.5 Å². The Bertz CT molecular complexity index is 4190. The molecule has 0 bridgehead atoms. The lowest BCUT2D eigenvalue weighted by atomic mass is 9.98. The number of hydrogen-bond acceptors (Lipinski definition) is 14. The minimum Gasteiger partial charge on any atom is -0.507 e. The number of aromatic nitrogens is 6. The van der Waals surface area contributed by atoms with Gasteiger partial charge >= 0.3 is 17.5 Å². The van der Waals surface area contributed by atoms with E-state index < -0.39 is 97.8 Å². The maximum atomic E-state index is 17.3. The van der Waals surface area contributed by atoms with Crippen LogP contribution in [-0.4, -0.2) is 109 Å². The average molecular weight is 1190 g/mol. The van der Waals surface area contributed by atoms with Crippen LogP contribution in [0.5, 0.6) is 23.0 Å². The van der Waals surface area contributed by atoms with E-state index in [-0.39, 0.29) is 101 Å². The molecule has 2 atom stereocenters. The Kier molecular flexibility index (Phi) is 15.4. The molecule has 4 aliphatic rings. The Morgan fingerprint density at radius 2 is 1.15 bits per heavy atom. The quantitative estimate of drug-likeness (QED) is 0.149. The molecule has 0 saturated carbocycles. The molecule has 4 aliphatic heterocycles. The van der Waals surface area contributed by atoms with Gasteiger partial charge in [0, 0.05) is 38.6 Å². The van der Waals surface area contributed by atoms with E-state index >= 15 is 26.3 Å². The van der Waals surface area contributed by atoms with E-state index in [0.717, 1.165) is 46.6 Å². The normalized spacial score (nSPS) is 16.5. The van der Waals surface area contributed by atoms with E-state index in [0.29, 0.717) is 34.7 Å². The second-order valence-corrected chi connectivity index (χ2v) is 23.4. The lowest BCUT2D eigenvalue weighted by Gasteiger charge is -2.41. The second kappa shape index (κ2) is 22.5. The number of pyridine rings is 2. The van der Waals surface area contributed by atoms with E-state index in [4.69, 9.17) is 18.9 Å². The number of ether oxygens (including phenoxy) is 4. The molecular weight excluding hydrogens is 1120 g/mol. The standard InChI is InChI=1S/C34H36F3N5O5.C29H27F3N4O3/c1-17(2)27-28(18(3)11-12-38-27)42-29-24-30(26(37)23(25(29)36)22-20(35)9-8-10-21(22)45-7)46-16-19-15-40(33(44)47-34(4,5)6)13-14-41(19)31(24)39-32(42)43;1-14(2)24-25(15(3)10-11-33-24)36-26-21-27(23(32)20(22(26)31)19-17(30)8-6-9-18(19)37)39-13-16-7-4-5-12-35(16)28(21)34-29(36)38/h8-12,17,19H,13-16H2,1-7H3;6,8-11,14,16,37H,4-5,7,12-13H2,1-3H3/t19-;16-/m11/s1. The lowest BCUT2D eigenvalue weighted by Crippen LogP contribution is -2.57. The minimum atomic E-state index is -1.20. The monoisotopic (exact) mass is 1190 g/mol. The molecule has 23 heteroatoms. The molecule has 12 rings (SSSR count). The predicted molar refractivity (Wildman–Crippen MR) is 312 cm³/mol. The van der Waals surface area contributed by atoms with Crippen molar-refractivity contribution in [3.05, 3.63) is 139 Å². The van der Waals surface area contributed by atoms with Crippen molar-refractivity contribution >= 4 is 39.5 Å². The maximum absolute atomic E-state index is 17.3. The molecule has 0 radical (unpaired) electrons. The van der Waals surface area contributed by atoms with Gasteiger partial charge in [0.05, 0.1) is 75.0 Å². The highest BCUT2D eigenvalue weighted by molar-refractivity contribution is 6.02. The van der Waals surface area contributed by atoms with Gasteiger partial charge < -0.3 is 38.8 Å². The van der Waals surface area contributed by atoms with Crippen LogP contribution in [0.3, 0.4) is 0 Å². The molecule has 2 fully saturated rings. The summed E-state index contributed by atoms with van der Waals surface area (Å²) in [5.41, 5.74) is -2.86. The molecule has 4 aromatic heterocycles. The first kappa shape index (κ1) is 58.9. The van der Waals surface area contributed by atoms with Gasteiger partial charge in [0.1, 0.15) is 64.6 Å². The number of aromatic hydroxyl groups is 1. The Morgan fingerprint density at radius 3 is 1.66 bits per heavy atom. The second-order valence-electron chi connectivity index (χ2n) is 23.4. The van der Waals surface area contributed by atoms with Crippen molar-refractivity contribution in [1.29, 1.82) is 0 Å². The Balaban J connectivity index is 0.000000182. The zero-order valence-corrected chi connectivity index (χ0v) is 49.0. The molecule has 8 heterocycles. The number of methoxy groups -OCH3 is 1. The summed E-state index contributed by atoms with van der Waals surface area (Å²) in [4.78, 5) is 63.9. The number of halogens is 6. The van der Waals surface area contributed by atoms with Crippen molar-refractivity contribution in [2.45, 2.75) is 111 Å². The van der Waals surface area contributed by atoms with Crippen LogP contribution < -0.4 is 35.4 Å². The van der Waals surface area contributed by atoms with Crippen molar-refractivity contribution in [3.8, 4) is 56.6 Å². The van der Waals surface area contributed by atoms with E-state index in [1.54, 1.807) is 64.0 Å². The molecule has 0 spiro atoms. The fraction of sp³-hybridized carbons (Fsp3) is 0.381. The zero-order chi connectivity index (χ0) is 61.5. The largest absolute Gasteiger partial charge is 0.507 e. The minimum absolute atomic E-state index is 0.0000719. The smallest absolute Gasteiger partial charge is 0.410 e. The highest BCUT2D eigenvalue weighted by Crippen LogP contribution is 2.50. The molecule has 4 aromatic carbocycles. The van der Waals surface area contributed by atoms with Gasteiger partial charge in [0.15, 0.2) is 34.8 Å². The van der Waals surface area contributed by atoms with Gasteiger partial charge in [-0.15, -0.1) is 0 Å². The summed E-state index contributed by atoms with van der Waals surface area (Å²) in [6.07, 6.45) is 5.12. The molecule has 2 saturated heterocycles. The first-order valence-electron chi connectivity index (χ1n) is 28.4. The van der Waals surface area contributed by atoms with E-state index in [1.807, 2.05) is 32.6 Å². The van der Waals surface area contributed by atoms with Crippen molar-refractivity contribution in [1.82, 2.24) is 34.0 Å². The van der Waals surface area contributed by atoms with Gasteiger partial charge in [0.2, 0.25) is 0 Å². The van der Waals surface area contributed by atoms with Gasteiger partial charge in [-0.2, -0.15) is 9.97 Å². The molecule has 1 amide bonds. The summed E-state index contributed by atoms with van der Waals surface area (Å²) < 4.78 is 123. The Labute approximate surface area is 490 Å². The molecule has 86 heavy (non-hydrogen) atoms. The summed E-state index contributed by atoms with van der Waals surface area (Å²) >= 11 is 0. The summed E-state index contributed by atoms with van der Waals surface area (Å²) in [5.74, 6) is -8.40. The summed E-state index contributed by atoms with van der Waals surface area (Å²) in [6.45, 7) is 17.3. The number of piperidine rings is 1. The fourth-order valence-electron chi connectivity index (χ4n) is 12.1. The third-order valence-corrected chi connectivity index (χ3v) is 16.0. The number of phenols is 1. The Hall–Kier alpha value is -8.89. The highest BCUT2D eigenvalue weighted by Gasteiger charge is 2.42. The summed E-state index contributed by atoms with van der Waals surface area (Å²) in [5, 5.41) is 10.4. The highest BCUT2D eigenvalue weighted by atomic mass is 19.2. The molecule has 0 unspecified atom stereocenters. The molecular formula is C63H63F6N9O8. The molecule has 8 aromatic rings. The van der Waals surface area contributed by atoms with Crippen LogP contribution in [0.25, 0.3) is 55.4 Å². The topological polar surface area (TPSA) is 180 Å². The van der Waals surface area contributed by atoms with Crippen LogP contribution in [0.1, 0.15) is 102 Å². The zero-order valence-electron chi connectivity index (χ0n) is 49.0. The molecule has 17 nitrogen and oxygen atoms in total. The van der Waals surface area contributed by atoms with Crippen LogP contribution in [-0.2, 0) is 4.74 Å². The number of carbonyl (C=O) groups excluding carboxylic acids is 1. The third kappa shape index (κ3) is 9.90. The van der Waals surface area contributed by atoms with Crippen molar-refractivity contribution in [2.24, 2.45) is 0 Å². The van der Waals surface area contributed by atoms with Crippen molar-refractivity contribution < 1.29 is 55.2 Å². The number of aryl methyl sites for hydroxylation is 2. The number of piperazine rings is 1. The molecule has 450 valence electrons. The fourth-order valence-corrected chi connectivity index (χ4v) is 12.1. The van der Waals surface area contributed by atoms with Crippen LogP contribution in [0.2, 0.25) is 0 Å². The van der Waals surface area contributed by atoms with E-state index in [2.05, 4.69) is 19.9 Å². The number of fused-ring (bicyclic) bond motifs is 4. The predicted octanol–water partition coefficient (Wildman–Crippen LogP) is 11.9. The number of anilines is 2. The number of nitrogens with zero attached hydrogens (tertiary/aromatic N) is 9. The van der Waals surface area contributed by atoms with Crippen LogP contribution in [0.4, 0.5) is 42.8 Å². The van der Waals surface area contributed by atoms with Gasteiger partial charge in [-0.3, -0.25) is 19.1 Å². The third-order valence-electron chi connectivity index (χ3n) is 16.0. The summed E-state index contributed by atoms with van der Waals surface area (Å²) in [7, 11) is 1.26. The molecule has 0 aliphatic carbocycles. The maximum Gasteiger partial charge on any atom is 0.410 e. The SMILES string of the molecule is COc1cccc(F)c1-c1c(F)c2c3c(nc(=O)n(-c4c(C)ccnc4C(C)C)c3c1F)N1CCN(C(=O)OC(C)(C)C)C[C@@H]1CO2.Cc1ccnc(C(C)C)c1-n1c(=O)nc2c3c(c(F)c(-c4c(O)cccc4F)c(F)c31)OC[C@H]1CCCCN21. The number of amides is 1. The number of phenolic OH excluding ortho intramolecular Hbond substituents is 1. The van der Waals surface area contributed by atoms with Gasteiger partial charge in [0.25, 0.3) is 0 Å². The van der Waals surface area contributed by atoms with E-state index in [9.17, 15) is 19.5 Å². The average Bonchev–Trinajstić information content (AvgIpc) is 1.19. The number of rotatable bonds is 7. The summed E-state index contributed by atoms with van der Waals surface area (Å²) in [6, 6.07) is 9.77. The Morgan fingerprint density at radius 1 is 0.651 bits per heavy atom. The van der Waals surface area contributed by atoms with Crippen LogP contribution >= 0.6 is 0 Å².